The molecule has 1 aromatic carbocycles. The monoisotopic (exact) mass is 414 g/mol. The number of anilines is 1. The highest BCUT2D eigenvalue weighted by Crippen LogP contribution is 2.35. The van der Waals surface area contributed by atoms with Crippen LogP contribution in [0.3, 0.4) is 0 Å². The van der Waals surface area contributed by atoms with Crippen LogP contribution in [0.4, 0.5) is 5.13 Å². The number of para-hydroxylation sites is 1. The summed E-state index contributed by atoms with van der Waals surface area (Å²) in [4.78, 5) is 26.3. The Morgan fingerprint density at radius 1 is 1.21 bits per heavy atom. The Balaban J connectivity index is 1.46. The number of rotatable bonds is 6. The third-order valence-electron chi connectivity index (χ3n) is 4.76. The molecule has 8 nitrogen and oxygen atoms in total. The number of aliphatic carboxylic acids is 1. The van der Waals surface area contributed by atoms with Crippen molar-refractivity contribution in [2.24, 2.45) is 0 Å². The van der Waals surface area contributed by atoms with Crippen LogP contribution in [0.15, 0.2) is 24.3 Å². The maximum Gasteiger partial charge on any atom is 0.341 e. The highest BCUT2D eigenvalue weighted by atomic mass is 32.1. The number of carbonyl (C=O) groups is 1. The molecule has 1 saturated heterocycles. The molecule has 1 aliphatic rings. The molecule has 3 aromatic rings. The molecule has 0 unspecified atom stereocenters. The number of aryl methyl sites for hydroxylation is 2. The van der Waals surface area contributed by atoms with Crippen LogP contribution in [0.1, 0.15) is 24.2 Å². The van der Waals surface area contributed by atoms with Gasteiger partial charge in [0.05, 0.1) is 0 Å². The molecule has 3 heterocycles. The van der Waals surface area contributed by atoms with Crippen LogP contribution in [-0.4, -0.2) is 51.8 Å². The largest absolute Gasteiger partial charge is 0.490 e. The number of ether oxygens (including phenoxy) is 2. The number of carboxylic acid groups (broad SMARTS) is 1. The molecule has 0 radical (unpaired) electrons. The van der Waals surface area contributed by atoms with Crippen LogP contribution < -0.4 is 14.4 Å². The molecular weight excluding hydrogens is 392 g/mol. The van der Waals surface area contributed by atoms with Crippen LogP contribution in [-0.2, 0) is 4.79 Å². The van der Waals surface area contributed by atoms with Gasteiger partial charge < -0.3 is 19.5 Å². The summed E-state index contributed by atoms with van der Waals surface area (Å²) >= 11 is 1.43. The number of aromatic nitrogens is 3. The van der Waals surface area contributed by atoms with Gasteiger partial charge in [0.25, 0.3) is 0 Å². The lowest BCUT2D eigenvalue weighted by Gasteiger charge is -2.32. The average molecular weight is 414 g/mol. The number of nitrogens with zero attached hydrogens (tertiary/aromatic N) is 4. The van der Waals surface area contributed by atoms with Gasteiger partial charge in [-0.2, -0.15) is 9.97 Å². The topological polar surface area (TPSA) is 97.7 Å². The highest BCUT2D eigenvalue weighted by molar-refractivity contribution is 7.22. The second kappa shape index (κ2) is 8.20. The summed E-state index contributed by atoms with van der Waals surface area (Å²) in [5.74, 6) is 0.670. The highest BCUT2D eigenvalue weighted by Gasteiger charge is 2.24. The number of benzene rings is 1. The summed E-state index contributed by atoms with van der Waals surface area (Å²) in [6.45, 7) is 5.00. The molecule has 9 heteroatoms. The van der Waals surface area contributed by atoms with Crippen molar-refractivity contribution in [1.82, 2.24) is 15.0 Å². The molecule has 2 aromatic heterocycles. The summed E-state index contributed by atoms with van der Waals surface area (Å²) in [5.41, 5.74) is 1.68. The molecule has 1 fully saturated rings. The van der Waals surface area contributed by atoms with Gasteiger partial charge in [0.15, 0.2) is 17.4 Å². The average Bonchev–Trinajstić information content (AvgIpc) is 3.12. The fourth-order valence-corrected chi connectivity index (χ4v) is 4.29. The van der Waals surface area contributed by atoms with E-state index in [4.69, 9.17) is 14.6 Å². The zero-order chi connectivity index (χ0) is 20.4. The van der Waals surface area contributed by atoms with Crippen LogP contribution in [0.2, 0.25) is 0 Å². The van der Waals surface area contributed by atoms with Gasteiger partial charge in [-0.15, -0.1) is 0 Å². The SMILES string of the molecule is Cc1nc(OCC(=O)O)c2sc(N3CCC(Oc4ccccc4C)CC3)nc2n1. The van der Waals surface area contributed by atoms with Crippen molar-refractivity contribution in [1.29, 1.82) is 0 Å². The second-order valence-corrected chi connectivity index (χ2v) is 7.95. The zero-order valence-corrected chi connectivity index (χ0v) is 17.1. The smallest absolute Gasteiger partial charge is 0.341 e. The van der Waals surface area contributed by atoms with Crippen LogP contribution in [0.5, 0.6) is 11.6 Å². The lowest BCUT2D eigenvalue weighted by molar-refractivity contribution is -0.139. The number of hydrogen-bond donors (Lipinski definition) is 1. The number of fused-ring (bicyclic) bond motifs is 1. The van der Waals surface area contributed by atoms with E-state index in [1.807, 2.05) is 18.2 Å². The first-order valence-electron chi connectivity index (χ1n) is 9.46. The first-order valence-corrected chi connectivity index (χ1v) is 10.3. The molecule has 1 N–H and O–H groups in total. The Kier molecular flexibility index (Phi) is 5.48. The Hall–Kier alpha value is -2.94. The van der Waals surface area contributed by atoms with Crippen LogP contribution in [0.25, 0.3) is 10.3 Å². The Morgan fingerprint density at radius 3 is 2.69 bits per heavy atom. The van der Waals surface area contributed by atoms with Crippen molar-refractivity contribution in [3.05, 3.63) is 35.7 Å². The summed E-state index contributed by atoms with van der Waals surface area (Å²) in [7, 11) is 0. The van der Waals surface area contributed by atoms with Crippen molar-refractivity contribution in [3.8, 4) is 11.6 Å². The number of carboxylic acids is 1. The lowest BCUT2D eigenvalue weighted by Crippen LogP contribution is -2.38. The molecule has 0 saturated carbocycles. The van der Waals surface area contributed by atoms with E-state index >= 15 is 0 Å². The van der Waals surface area contributed by atoms with Gasteiger partial charge >= 0.3 is 5.97 Å². The van der Waals surface area contributed by atoms with E-state index in [1.54, 1.807) is 6.92 Å². The molecule has 0 spiro atoms. The number of piperidine rings is 1. The molecule has 4 rings (SSSR count). The first kappa shape index (κ1) is 19.4. The quantitative estimate of drug-likeness (QED) is 0.657. The van der Waals surface area contributed by atoms with E-state index in [0.717, 1.165) is 42.4 Å². The zero-order valence-electron chi connectivity index (χ0n) is 16.3. The third kappa shape index (κ3) is 4.40. The Bertz CT molecular complexity index is 1030. The predicted molar refractivity (Wildman–Crippen MR) is 110 cm³/mol. The fourth-order valence-electron chi connectivity index (χ4n) is 3.29. The predicted octanol–water partition coefficient (Wildman–Crippen LogP) is 3.21. The van der Waals surface area contributed by atoms with Crippen molar-refractivity contribution in [2.75, 3.05) is 24.6 Å². The van der Waals surface area contributed by atoms with Crippen LogP contribution in [0, 0.1) is 13.8 Å². The maximum absolute atomic E-state index is 10.8. The normalized spacial score (nSPS) is 14.9. The molecule has 152 valence electrons. The van der Waals surface area contributed by atoms with E-state index in [1.165, 1.54) is 11.3 Å². The van der Waals surface area contributed by atoms with Gasteiger partial charge in [-0.1, -0.05) is 29.5 Å². The van der Waals surface area contributed by atoms with E-state index in [-0.39, 0.29) is 12.0 Å². The number of hydrogen-bond acceptors (Lipinski definition) is 8. The molecule has 29 heavy (non-hydrogen) atoms. The molecule has 0 amide bonds. The molecule has 1 aliphatic heterocycles. The van der Waals surface area contributed by atoms with Crippen molar-refractivity contribution < 1.29 is 19.4 Å². The maximum atomic E-state index is 10.8. The van der Waals surface area contributed by atoms with E-state index in [9.17, 15) is 4.79 Å². The Labute approximate surface area is 172 Å². The molecular formula is C20H22N4O4S. The van der Waals surface area contributed by atoms with Crippen molar-refractivity contribution >= 4 is 32.8 Å². The van der Waals surface area contributed by atoms with Gasteiger partial charge in [0.1, 0.15) is 22.4 Å². The third-order valence-corrected chi connectivity index (χ3v) is 5.85. The van der Waals surface area contributed by atoms with Crippen molar-refractivity contribution in [3.63, 3.8) is 0 Å². The summed E-state index contributed by atoms with van der Waals surface area (Å²) < 4.78 is 12.2. The summed E-state index contributed by atoms with van der Waals surface area (Å²) in [6.07, 6.45) is 1.98. The molecule has 0 atom stereocenters. The van der Waals surface area contributed by atoms with Gasteiger partial charge in [0.2, 0.25) is 5.88 Å². The minimum Gasteiger partial charge on any atom is -0.490 e. The van der Waals surface area contributed by atoms with Crippen LogP contribution >= 0.6 is 11.3 Å². The minimum atomic E-state index is -1.05. The van der Waals surface area contributed by atoms with Gasteiger partial charge in [-0.25, -0.2) is 9.78 Å². The number of thiazole rings is 1. The van der Waals surface area contributed by atoms with E-state index in [0.29, 0.717) is 16.2 Å². The van der Waals surface area contributed by atoms with E-state index in [2.05, 4.69) is 32.8 Å². The van der Waals surface area contributed by atoms with E-state index < -0.39 is 12.6 Å². The molecule has 0 aliphatic carbocycles. The molecule has 0 bridgehead atoms. The second-order valence-electron chi connectivity index (χ2n) is 6.98. The lowest BCUT2D eigenvalue weighted by atomic mass is 10.1. The first-order chi connectivity index (χ1) is 14.0. The van der Waals surface area contributed by atoms with Gasteiger partial charge in [-0.3, -0.25) is 0 Å². The van der Waals surface area contributed by atoms with Crippen molar-refractivity contribution in [2.45, 2.75) is 32.8 Å². The van der Waals surface area contributed by atoms with Gasteiger partial charge in [0, 0.05) is 25.9 Å². The minimum absolute atomic E-state index is 0.179. The fraction of sp³-hybridized carbons (Fsp3) is 0.400. The summed E-state index contributed by atoms with van der Waals surface area (Å²) in [5, 5.41) is 9.71. The Morgan fingerprint density at radius 2 is 1.97 bits per heavy atom. The summed E-state index contributed by atoms with van der Waals surface area (Å²) in [6, 6.07) is 8.07. The van der Waals surface area contributed by atoms with Gasteiger partial charge in [-0.05, 0) is 25.5 Å². The standard InChI is InChI=1S/C20H22N4O4S/c1-12-5-3-4-6-15(12)28-14-7-9-24(10-8-14)20-23-18-17(29-20)19(22-13(2)21-18)27-11-16(25)26/h3-6,14H,7-11H2,1-2H3,(H,25,26).